The predicted molar refractivity (Wildman–Crippen MR) is 73.7 cm³/mol. The van der Waals surface area contributed by atoms with Crippen LogP contribution in [0.1, 0.15) is 25.7 Å². The first kappa shape index (κ1) is 13.4. The molecule has 1 aromatic carbocycles. The van der Waals surface area contributed by atoms with E-state index in [2.05, 4.69) is 10.6 Å². The number of rotatable bonds is 3. The van der Waals surface area contributed by atoms with E-state index in [4.69, 9.17) is 11.5 Å². The largest absolute Gasteiger partial charge is 0.351 e. The molecule has 0 spiro atoms. The Balaban J connectivity index is 2.06. The third-order valence-electron chi connectivity index (χ3n) is 3.34. The van der Waals surface area contributed by atoms with Gasteiger partial charge in [-0.05, 0) is 31.0 Å². The molecule has 1 aliphatic rings. The molecule has 2 rings (SSSR count). The average Bonchev–Trinajstić information content (AvgIpc) is 2.77. The highest BCUT2D eigenvalue weighted by molar-refractivity contribution is 5.99. The molecular formula is C13H18N4O2. The quantitative estimate of drug-likeness (QED) is 0.660. The summed E-state index contributed by atoms with van der Waals surface area (Å²) in [5.74, 6) is -0.179. The summed E-state index contributed by atoms with van der Waals surface area (Å²) in [7, 11) is 0. The van der Waals surface area contributed by atoms with Crippen molar-refractivity contribution in [1.82, 2.24) is 0 Å². The monoisotopic (exact) mass is 262 g/mol. The zero-order chi connectivity index (χ0) is 13.9. The molecule has 102 valence electrons. The summed E-state index contributed by atoms with van der Waals surface area (Å²) in [6, 6.07) is 6.14. The lowest BCUT2D eigenvalue weighted by atomic mass is 9.98. The van der Waals surface area contributed by atoms with Crippen LogP contribution in [0.4, 0.5) is 16.2 Å². The van der Waals surface area contributed by atoms with Gasteiger partial charge in [-0.3, -0.25) is 4.79 Å². The van der Waals surface area contributed by atoms with Crippen LogP contribution in [-0.4, -0.2) is 17.5 Å². The molecule has 0 heterocycles. The minimum Gasteiger partial charge on any atom is -0.351 e. The standard InChI is InChI=1S/C13H18N4O2/c14-12(19)17-10-5-3-4-9(8-10)16-11(18)13(15)6-1-2-7-13/h3-5,8H,1-2,6-7,15H2,(H,16,18)(H3,14,17,19). The van der Waals surface area contributed by atoms with Gasteiger partial charge in [-0.2, -0.15) is 0 Å². The number of hydrogen-bond acceptors (Lipinski definition) is 3. The maximum Gasteiger partial charge on any atom is 0.316 e. The second-order valence-electron chi connectivity index (χ2n) is 4.89. The van der Waals surface area contributed by atoms with Crippen molar-refractivity contribution in [2.24, 2.45) is 11.5 Å². The second-order valence-corrected chi connectivity index (χ2v) is 4.89. The van der Waals surface area contributed by atoms with E-state index in [0.717, 1.165) is 12.8 Å². The molecule has 0 saturated heterocycles. The van der Waals surface area contributed by atoms with Gasteiger partial charge in [0.1, 0.15) is 0 Å². The molecule has 6 N–H and O–H groups in total. The maximum atomic E-state index is 12.1. The van der Waals surface area contributed by atoms with E-state index in [0.29, 0.717) is 24.2 Å². The number of carbonyl (C=O) groups excluding carboxylic acids is 2. The lowest BCUT2D eigenvalue weighted by Crippen LogP contribution is -2.48. The van der Waals surface area contributed by atoms with Crippen LogP contribution in [0.5, 0.6) is 0 Å². The van der Waals surface area contributed by atoms with Gasteiger partial charge in [0.15, 0.2) is 0 Å². The van der Waals surface area contributed by atoms with E-state index in [-0.39, 0.29) is 5.91 Å². The Labute approximate surface area is 111 Å². The van der Waals surface area contributed by atoms with Gasteiger partial charge < -0.3 is 22.1 Å². The van der Waals surface area contributed by atoms with Crippen molar-refractivity contribution < 1.29 is 9.59 Å². The summed E-state index contributed by atoms with van der Waals surface area (Å²) in [6.07, 6.45) is 3.37. The molecule has 6 nitrogen and oxygen atoms in total. The molecule has 1 fully saturated rings. The Bertz CT molecular complexity index is 495. The number of anilines is 2. The van der Waals surface area contributed by atoms with Gasteiger partial charge in [0, 0.05) is 11.4 Å². The number of hydrogen-bond donors (Lipinski definition) is 4. The van der Waals surface area contributed by atoms with Gasteiger partial charge in [0.2, 0.25) is 5.91 Å². The first-order valence-corrected chi connectivity index (χ1v) is 6.26. The highest BCUT2D eigenvalue weighted by Gasteiger charge is 2.36. The molecule has 0 bridgehead atoms. The number of primary amides is 1. The fourth-order valence-electron chi connectivity index (χ4n) is 2.31. The predicted octanol–water partition coefficient (Wildman–Crippen LogP) is 1.39. The lowest BCUT2D eigenvalue weighted by Gasteiger charge is -2.22. The topological polar surface area (TPSA) is 110 Å². The number of nitrogens with two attached hydrogens (primary N) is 2. The van der Waals surface area contributed by atoms with E-state index in [1.165, 1.54) is 0 Å². The summed E-state index contributed by atoms with van der Waals surface area (Å²) in [5, 5.41) is 5.24. The zero-order valence-corrected chi connectivity index (χ0v) is 10.6. The fraction of sp³-hybridized carbons (Fsp3) is 0.385. The van der Waals surface area contributed by atoms with Crippen molar-refractivity contribution in [1.29, 1.82) is 0 Å². The molecule has 6 heteroatoms. The van der Waals surface area contributed by atoms with Crippen molar-refractivity contribution in [2.75, 3.05) is 10.6 Å². The number of urea groups is 1. The molecule has 0 aromatic heterocycles. The second kappa shape index (κ2) is 5.27. The molecule has 0 atom stereocenters. The van der Waals surface area contributed by atoms with Gasteiger partial charge in [0.05, 0.1) is 5.54 Å². The zero-order valence-electron chi connectivity index (χ0n) is 10.6. The summed E-state index contributed by atoms with van der Waals surface area (Å²) in [4.78, 5) is 22.9. The van der Waals surface area contributed by atoms with Gasteiger partial charge in [-0.25, -0.2) is 4.79 Å². The van der Waals surface area contributed by atoms with Crippen LogP contribution in [0.25, 0.3) is 0 Å². The SMILES string of the molecule is NC(=O)Nc1cccc(NC(=O)C2(N)CCCC2)c1. The normalized spacial score (nSPS) is 16.9. The van der Waals surface area contributed by atoms with Crippen molar-refractivity contribution in [2.45, 2.75) is 31.2 Å². The molecule has 1 saturated carbocycles. The molecule has 19 heavy (non-hydrogen) atoms. The number of nitrogens with one attached hydrogen (secondary N) is 2. The van der Waals surface area contributed by atoms with E-state index in [9.17, 15) is 9.59 Å². The van der Waals surface area contributed by atoms with Gasteiger partial charge in [0.25, 0.3) is 0 Å². The average molecular weight is 262 g/mol. The van der Waals surface area contributed by atoms with Crippen LogP contribution in [0.15, 0.2) is 24.3 Å². The summed E-state index contributed by atoms with van der Waals surface area (Å²) in [5.41, 5.74) is 11.5. The van der Waals surface area contributed by atoms with E-state index < -0.39 is 11.6 Å². The Morgan fingerprint density at radius 1 is 1.11 bits per heavy atom. The van der Waals surface area contributed by atoms with Crippen LogP contribution in [0.3, 0.4) is 0 Å². The molecule has 3 amide bonds. The Morgan fingerprint density at radius 3 is 2.26 bits per heavy atom. The van der Waals surface area contributed by atoms with E-state index in [1.807, 2.05) is 0 Å². The fourth-order valence-corrected chi connectivity index (χ4v) is 2.31. The van der Waals surface area contributed by atoms with Crippen molar-refractivity contribution in [3.05, 3.63) is 24.3 Å². The minimum atomic E-state index is -0.771. The van der Waals surface area contributed by atoms with Gasteiger partial charge >= 0.3 is 6.03 Å². The molecule has 0 aliphatic heterocycles. The highest BCUT2D eigenvalue weighted by Crippen LogP contribution is 2.28. The first-order valence-electron chi connectivity index (χ1n) is 6.26. The molecule has 1 aromatic rings. The maximum absolute atomic E-state index is 12.1. The smallest absolute Gasteiger partial charge is 0.316 e. The molecular weight excluding hydrogens is 244 g/mol. The summed E-state index contributed by atoms with van der Waals surface area (Å²) in [6.45, 7) is 0. The van der Waals surface area contributed by atoms with Crippen LogP contribution >= 0.6 is 0 Å². The van der Waals surface area contributed by atoms with E-state index in [1.54, 1.807) is 24.3 Å². The number of amides is 3. The van der Waals surface area contributed by atoms with Crippen molar-refractivity contribution >= 4 is 23.3 Å². The summed E-state index contributed by atoms with van der Waals surface area (Å²) >= 11 is 0. The molecule has 1 aliphatic carbocycles. The Hall–Kier alpha value is -2.08. The lowest BCUT2D eigenvalue weighted by molar-refractivity contribution is -0.121. The van der Waals surface area contributed by atoms with Crippen LogP contribution in [0.2, 0.25) is 0 Å². The van der Waals surface area contributed by atoms with Crippen LogP contribution in [0, 0.1) is 0 Å². The minimum absolute atomic E-state index is 0.179. The van der Waals surface area contributed by atoms with Crippen molar-refractivity contribution in [3.8, 4) is 0 Å². The highest BCUT2D eigenvalue weighted by atomic mass is 16.2. The molecule has 0 unspecified atom stereocenters. The van der Waals surface area contributed by atoms with Crippen molar-refractivity contribution in [3.63, 3.8) is 0 Å². The third kappa shape index (κ3) is 3.23. The van der Waals surface area contributed by atoms with Crippen LogP contribution < -0.4 is 22.1 Å². The van der Waals surface area contributed by atoms with E-state index >= 15 is 0 Å². The molecule has 0 radical (unpaired) electrons. The van der Waals surface area contributed by atoms with Crippen LogP contribution in [-0.2, 0) is 4.79 Å². The number of carbonyl (C=O) groups is 2. The first-order chi connectivity index (χ1) is 8.99. The van der Waals surface area contributed by atoms with Gasteiger partial charge in [-0.15, -0.1) is 0 Å². The third-order valence-corrected chi connectivity index (χ3v) is 3.34. The Kier molecular flexibility index (Phi) is 3.71. The number of benzene rings is 1. The Morgan fingerprint density at radius 2 is 1.68 bits per heavy atom. The summed E-state index contributed by atoms with van der Waals surface area (Å²) < 4.78 is 0. The van der Waals surface area contributed by atoms with Gasteiger partial charge in [-0.1, -0.05) is 18.9 Å².